The zero-order chi connectivity index (χ0) is 20.5. The first-order valence-corrected chi connectivity index (χ1v) is 11.4. The minimum absolute atomic E-state index is 0.0270. The molecule has 0 bridgehead atoms. The zero-order valence-electron chi connectivity index (χ0n) is 16.8. The molecule has 3 heterocycles. The topological polar surface area (TPSA) is 125 Å². The molecule has 3 N–H and O–H groups in total. The Morgan fingerprint density at radius 1 is 1.36 bits per heavy atom. The molecule has 0 aliphatic carbocycles. The number of nitrogens with one attached hydrogen (secondary N) is 2. The Balaban J connectivity index is 1.91. The number of aliphatic hydroxyl groups is 1. The predicted molar refractivity (Wildman–Crippen MR) is 109 cm³/mol. The first-order valence-electron chi connectivity index (χ1n) is 9.54. The van der Waals surface area contributed by atoms with E-state index >= 15 is 0 Å². The average Bonchev–Trinajstić information content (AvgIpc) is 3.25. The van der Waals surface area contributed by atoms with Crippen LogP contribution in [0.15, 0.2) is 6.33 Å². The van der Waals surface area contributed by atoms with Crippen molar-refractivity contribution in [1.29, 1.82) is 0 Å². The van der Waals surface area contributed by atoms with Gasteiger partial charge >= 0.3 is 0 Å². The molecular formula is C17H29N7O3S. The Kier molecular flexibility index (Phi) is 6.06. The lowest BCUT2D eigenvalue weighted by Crippen LogP contribution is -2.32. The summed E-state index contributed by atoms with van der Waals surface area (Å²) in [6.45, 7) is 7.60. The highest BCUT2D eigenvalue weighted by atomic mass is 32.2. The number of rotatable bonds is 8. The summed E-state index contributed by atoms with van der Waals surface area (Å²) in [5.74, 6) is 1.19. The summed E-state index contributed by atoms with van der Waals surface area (Å²) in [6, 6.07) is -0.221. The van der Waals surface area contributed by atoms with Crippen molar-refractivity contribution in [2.75, 3.05) is 36.6 Å². The summed E-state index contributed by atoms with van der Waals surface area (Å²) in [4.78, 5) is 13.6. The molecule has 28 heavy (non-hydrogen) atoms. The second-order valence-electron chi connectivity index (χ2n) is 7.53. The smallest absolute Gasteiger partial charge is 0.227 e. The summed E-state index contributed by atoms with van der Waals surface area (Å²) in [5.41, 5.74) is 1.34. The van der Waals surface area contributed by atoms with Gasteiger partial charge in [0, 0.05) is 25.7 Å². The van der Waals surface area contributed by atoms with E-state index in [1.54, 1.807) is 6.33 Å². The van der Waals surface area contributed by atoms with E-state index in [0.29, 0.717) is 49.0 Å². The molecule has 0 saturated carbocycles. The van der Waals surface area contributed by atoms with Crippen LogP contribution in [0.25, 0.3) is 11.2 Å². The van der Waals surface area contributed by atoms with Gasteiger partial charge in [0.25, 0.3) is 0 Å². The van der Waals surface area contributed by atoms with Crippen LogP contribution in [-0.2, 0) is 16.6 Å². The standard InChI is InChI=1S/C17H29N7O3S/c1-5-23-10-18-14-15(19-12-6-7-24(8-12)28(4,26)27)21-17(22-16(14)23)20-13(9-25)11(2)3/h10-13,25H,5-9H2,1-4H3,(H2,19,20,21,22)/t12-,13-/m0/s1. The fourth-order valence-electron chi connectivity index (χ4n) is 3.27. The van der Waals surface area contributed by atoms with Gasteiger partial charge in [-0.05, 0) is 19.3 Å². The molecule has 2 aromatic rings. The molecule has 1 fully saturated rings. The normalized spacial score (nSPS) is 19.4. The SMILES string of the molecule is CCn1cnc2c(N[C@H]3CCN(S(C)(=O)=O)C3)nc(N[C@@H](CO)C(C)C)nc21. The Bertz CT molecular complexity index is 928. The quantitative estimate of drug-likeness (QED) is 0.580. The van der Waals surface area contributed by atoms with Gasteiger partial charge < -0.3 is 20.3 Å². The predicted octanol–water partition coefficient (Wildman–Crippen LogP) is 0.721. The van der Waals surface area contributed by atoms with Crippen molar-refractivity contribution < 1.29 is 13.5 Å². The summed E-state index contributed by atoms with van der Waals surface area (Å²) in [5, 5.41) is 16.2. The van der Waals surface area contributed by atoms with Crippen LogP contribution < -0.4 is 10.6 Å². The van der Waals surface area contributed by atoms with Crippen molar-refractivity contribution in [3.63, 3.8) is 0 Å². The number of sulfonamides is 1. The minimum Gasteiger partial charge on any atom is -0.394 e. The largest absolute Gasteiger partial charge is 0.394 e. The molecule has 10 nitrogen and oxygen atoms in total. The van der Waals surface area contributed by atoms with Crippen LogP contribution in [-0.4, -0.2) is 75.4 Å². The van der Waals surface area contributed by atoms with Crippen molar-refractivity contribution >= 4 is 33.0 Å². The van der Waals surface area contributed by atoms with Gasteiger partial charge in [-0.25, -0.2) is 17.7 Å². The molecule has 0 amide bonds. The van der Waals surface area contributed by atoms with Gasteiger partial charge in [-0.1, -0.05) is 13.8 Å². The van der Waals surface area contributed by atoms with E-state index in [4.69, 9.17) is 0 Å². The van der Waals surface area contributed by atoms with E-state index in [9.17, 15) is 13.5 Å². The lowest BCUT2D eigenvalue weighted by Gasteiger charge is -2.21. The van der Waals surface area contributed by atoms with Crippen LogP contribution in [0.1, 0.15) is 27.2 Å². The second kappa shape index (κ2) is 8.18. The highest BCUT2D eigenvalue weighted by molar-refractivity contribution is 7.88. The number of aliphatic hydroxyl groups excluding tert-OH is 1. The minimum atomic E-state index is -3.21. The average molecular weight is 412 g/mol. The van der Waals surface area contributed by atoms with Crippen molar-refractivity contribution in [3.05, 3.63) is 6.33 Å². The summed E-state index contributed by atoms with van der Waals surface area (Å²) < 4.78 is 27.0. The van der Waals surface area contributed by atoms with E-state index in [0.717, 1.165) is 0 Å². The summed E-state index contributed by atoms with van der Waals surface area (Å²) >= 11 is 0. The number of fused-ring (bicyclic) bond motifs is 1. The molecule has 0 unspecified atom stereocenters. The van der Waals surface area contributed by atoms with Crippen LogP contribution in [0.5, 0.6) is 0 Å². The van der Waals surface area contributed by atoms with E-state index in [2.05, 4.69) is 25.6 Å². The van der Waals surface area contributed by atoms with E-state index in [1.165, 1.54) is 10.6 Å². The Labute approximate surface area is 165 Å². The lowest BCUT2D eigenvalue weighted by molar-refractivity contribution is 0.248. The monoisotopic (exact) mass is 411 g/mol. The first-order chi connectivity index (χ1) is 13.2. The number of anilines is 2. The molecule has 0 aromatic carbocycles. The zero-order valence-corrected chi connectivity index (χ0v) is 17.6. The molecule has 0 spiro atoms. The third-order valence-electron chi connectivity index (χ3n) is 5.08. The Morgan fingerprint density at radius 3 is 2.68 bits per heavy atom. The van der Waals surface area contributed by atoms with Crippen LogP contribution in [0.4, 0.5) is 11.8 Å². The maximum Gasteiger partial charge on any atom is 0.227 e. The lowest BCUT2D eigenvalue weighted by atomic mass is 10.1. The number of imidazole rings is 1. The number of hydrogen-bond donors (Lipinski definition) is 3. The Morgan fingerprint density at radius 2 is 2.11 bits per heavy atom. The number of aromatic nitrogens is 4. The molecule has 156 valence electrons. The molecular weight excluding hydrogens is 382 g/mol. The molecule has 1 aliphatic rings. The van der Waals surface area contributed by atoms with Crippen molar-refractivity contribution in [1.82, 2.24) is 23.8 Å². The summed E-state index contributed by atoms with van der Waals surface area (Å²) in [6.07, 6.45) is 3.64. The van der Waals surface area contributed by atoms with E-state index in [1.807, 2.05) is 25.3 Å². The third-order valence-corrected chi connectivity index (χ3v) is 6.35. The van der Waals surface area contributed by atoms with Gasteiger partial charge in [0.2, 0.25) is 16.0 Å². The van der Waals surface area contributed by atoms with Gasteiger partial charge in [0.1, 0.15) is 0 Å². The maximum atomic E-state index is 11.8. The number of hydrogen-bond acceptors (Lipinski definition) is 8. The van der Waals surface area contributed by atoms with Crippen LogP contribution >= 0.6 is 0 Å². The van der Waals surface area contributed by atoms with Crippen molar-refractivity contribution in [3.8, 4) is 0 Å². The molecule has 0 radical (unpaired) electrons. The van der Waals surface area contributed by atoms with Gasteiger partial charge in [0.15, 0.2) is 17.0 Å². The van der Waals surface area contributed by atoms with Gasteiger partial charge in [0.05, 0.1) is 25.2 Å². The van der Waals surface area contributed by atoms with Gasteiger partial charge in [-0.15, -0.1) is 0 Å². The molecule has 1 aliphatic heterocycles. The van der Waals surface area contributed by atoms with Gasteiger partial charge in [-0.3, -0.25) is 0 Å². The third kappa shape index (κ3) is 4.36. The van der Waals surface area contributed by atoms with E-state index < -0.39 is 10.0 Å². The molecule has 3 rings (SSSR count). The number of aryl methyl sites for hydroxylation is 1. The fourth-order valence-corrected chi connectivity index (χ4v) is 4.16. The highest BCUT2D eigenvalue weighted by Crippen LogP contribution is 2.25. The Hall–Kier alpha value is -1.98. The summed E-state index contributed by atoms with van der Waals surface area (Å²) in [7, 11) is -3.21. The van der Waals surface area contributed by atoms with Crippen molar-refractivity contribution in [2.24, 2.45) is 5.92 Å². The van der Waals surface area contributed by atoms with Crippen LogP contribution in [0.3, 0.4) is 0 Å². The molecule has 2 aromatic heterocycles. The van der Waals surface area contributed by atoms with Crippen LogP contribution in [0.2, 0.25) is 0 Å². The second-order valence-corrected chi connectivity index (χ2v) is 9.51. The maximum absolute atomic E-state index is 11.8. The van der Waals surface area contributed by atoms with Crippen molar-refractivity contribution in [2.45, 2.75) is 45.8 Å². The first kappa shape index (κ1) is 20.7. The molecule has 1 saturated heterocycles. The number of nitrogens with zero attached hydrogens (tertiary/aromatic N) is 5. The highest BCUT2D eigenvalue weighted by Gasteiger charge is 2.29. The van der Waals surface area contributed by atoms with Crippen LogP contribution in [0, 0.1) is 5.92 Å². The molecule has 11 heteroatoms. The molecule has 2 atom stereocenters. The fraction of sp³-hybridized carbons (Fsp3) is 0.706. The van der Waals surface area contributed by atoms with Gasteiger partial charge in [-0.2, -0.15) is 9.97 Å². The van der Waals surface area contributed by atoms with E-state index in [-0.39, 0.29) is 24.6 Å².